The first kappa shape index (κ1) is 19.5. The number of aromatic nitrogens is 1. The highest BCUT2D eigenvalue weighted by molar-refractivity contribution is 6.36. The molecule has 25 heavy (non-hydrogen) atoms. The lowest BCUT2D eigenvalue weighted by Crippen LogP contribution is -2.43. The van der Waals surface area contributed by atoms with Crippen molar-refractivity contribution in [3.63, 3.8) is 0 Å². The summed E-state index contributed by atoms with van der Waals surface area (Å²) in [5.74, 6) is -0.403. The Labute approximate surface area is 153 Å². The molecular weight excluding hydrogens is 340 g/mol. The largest absolute Gasteiger partial charge is 0.465 e. The van der Waals surface area contributed by atoms with Crippen LogP contribution in [-0.2, 0) is 11.3 Å². The van der Waals surface area contributed by atoms with Gasteiger partial charge in [-0.2, -0.15) is 0 Å². The van der Waals surface area contributed by atoms with Gasteiger partial charge in [0.05, 0.1) is 35.4 Å². The predicted octanol–water partition coefficient (Wildman–Crippen LogP) is 3.39. The molecule has 2 atom stereocenters. The number of carbonyl (C=O) groups excluding carboxylic acids is 1. The number of ether oxygens (including phenoxy) is 1. The van der Waals surface area contributed by atoms with E-state index in [-0.39, 0.29) is 19.6 Å². The first-order valence-corrected chi connectivity index (χ1v) is 8.43. The van der Waals surface area contributed by atoms with E-state index < -0.39 is 5.97 Å². The highest BCUT2D eigenvalue weighted by Gasteiger charge is 2.20. The van der Waals surface area contributed by atoms with Gasteiger partial charge in [0.25, 0.3) is 0 Å². The number of piperidine rings is 1. The summed E-state index contributed by atoms with van der Waals surface area (Å²) in [6.45, 7) is 1.50. The van der Waals surface area contributed by atoms with E-state index >= 15 is 0 Å². The third kappa shape index (κ3) is 4.06. The number of benzene rings is 1. The molecule has 0 saturated carbocycles. The first-order chi connectivity index (χ1) is 11.6. The fourth-order valence-electron chi connectivity index (χ4n) is 3.14. The van der Waals surface area contributed by atoms with Crippen molar-refractivity contribution in [2.24, 2.45) is 0 Å². The average Bonchev–Trinajstić information content (AvgIpc) is 2.96. The maximum atomic E-state index is 12.0. The van der Waals surface area contributed by atoms with Crippen molar-refractivity contribution in [2.75, 3.05) is 13.7 Å². The van der Waals surface area contributed by atoms with Crippen LogP contribution < -0.4 is 5.32 Å². The second-order valence-electron chi connectivity index (χ2n) is 5.94. The van der Waals surface area contributed by atoms with Crippen LogP contribution in [0.15, 0.2) is 36.5 Å². The van der Waals surface area contributed by atoms with Gasteiger partial charge < -0.3 is 19.7 Å². The van der Waals surface area contributed by atoms with Crippen LogP contribution in [0, 0.1) is 0 Å². The quantitative estimate of drug-likeness (QED) is 0.644. The molecule has 3 rings (SSSR count). The van der Waals surface area contributed by atoms with Crippen molar-refractivity contribution in [1.82, 2.24) is 9.88 Å². The first-order valence-electron chi connectivity index (χ1n) is 8.05. The number of methoxy groups -OCH3 is 1. The topological polar surface area (TPSA) is 63.5 Å². The van der Waals surface area contributed by atoms with Crippen molar-refractivity contribution in [3.8, 4) is 0 Å². The maximum absolute atomic E-state index is 12.0. The van der Waals surface area contributed by atoms with Crippen molar-refractivity contribution >= 4 is 28.5 Å². The Bertz CT molecular complexity index is 769. The summed E-state index contributed by atoms with van der Waals surface area (Å²) in [6, 6.07) is 5.52. The number of rotatable bonds is 4. The van der Waals surface area contributed by atoms with Crippen LogP contribution in [0.25, 0.3) is 10.9 Å². The van der Waals surface area contributed by atoms with E-state index in [9.17, 15) is 9.90 Å². The van der Waals surface area contributed by atoms with Crippen LogP contribution in [0.2, 0.25) is 5.02 Å². The molecule has 1 fully saturated rings. The molecule has 0 aliphatic carbocycles. The van der Waals surface area contributed by atoms with Gasteiger partial charge in [-0.1, -0.05) is 37.2 Å². The fraction of sp³-hybridized carbons (Fsp3) is 0.421. The number of allylic oxidation sites excluding steroid dienone is 1. The summed E-state index contributed by atoms with van der Waals surface area (Å²) < 4.78 is 6.81. The SMILES string of the molecule is C.COC(=O)c1cn(C/C=C/[C@H]2NCCC[C@@H]2O)c2cccc(Cl)c12. The fourth-order valence-corrected chi connectivity index (χ4v) is 3.41. The minimum absolute atomic E-state index is 0. The Morgan fingerprint density at radius 3 is 3.04 bits per heavy atom. The zero-order chi connectivity index (χ0) is 17.1. The summed E-state index contributed by atoms with van der Waals surface area (Å²) in [5, 5.41) is 14.5. The third-order valence-corrected chi connectivity index (χ3v) is 4.69. The molecule has 0 bridgehead atoms. The minimum Gasteiger partial charge on any atom is -0.465 e. The van der Waals surface area contributed by atoms with Gasteiger partial charge in [-0.15, -0.1) is 0 Å². The summed E-state index contributed by atoms with van der Waals surface area (Å²) in [5.41, 5.74) is 1.34. The minimum atomic E-state index is -0.403. The zero-order valence-electron chi connectivity index (χ0n) is 13.5. The van der Waals surface area contributed by atoms with Crippen LogP contribution in [0.4, 0.5) is 0 Å². The molecule has 0 radical (unpaired) electrons. The van der Waals surface area contributed by atoms with Gasteiger partial charge in [0.1, 0.15) is 0 Å². The Balaban J connectivity index is 0.00000225. The number of halogens is 1. The van der Waals surface area contributed by atoms with E-state index in [0.717, 1.165) is 24.9 Å². The van der Waals surface area contributed by atoms with Gasteiger partial charge in [0, 0.05) is 18.1 Å². The number of nitrogens with one attached hydrogen (secondary N) is 1. The summed E-state index contributed by atoms with van der Waals surface area (Å²) in [6.07, 6.45) is 7.20. The molecule has 5 nitrogen and oxygen atoms in total. The van der Waals surface area contributed by atoms with Crippen LogP contribution in [0.1, 0.15) is 30.6 Å². The molecule has 1 aromatic carbocycles. The molecule has 1 aliphatic heterocycles. The number of hydrogen-bond donors (Lipinski definition) is 2. The molecule has 0 spiro atoms. The predicted molar refractivity (Wildman–Crippen MR) is 101 cm³/mol. The van der Waals surface area contributed by atoms with Gasteiger partial charge in [0.15, 0.2) is 0 Å². The summed E-state index contributed by atoms with van der Waals surface area (Å²) in [7, 11) is 1.36. The molecule has 0 amide bonds. The monoisotopic (exact) mass is 364 g/mol. The lowest BCUT2D eigenvalue weighted by molar-refractivity contribution is 0.0602. The van der Waals surface area contributed by atoms with Gasteiger partial charge in [-0.25, -0.2) is 4.79 Å². The number of hydrogen-bond acceptors (Lipinski definition) is 4. The lowest BCUT2D eigenvalue weighted by atomic mass is 10.0. The number of aliphatic hydroxyl groups is 1. The van der Waals surface area contributed by atoms with Crippen LogP contribution in [0.3, 0.4) is 0 Å². The van der Waals surface area contributed by atoms with E-state index in [2.05, 4.69) is 5.32 Å². The Hall–Kier alpha value is -1.82. The maximum Gasteiger partial charge on any atom is 0.340 e. The normalized spacial score (nSPS) is 20.6. The Kier molecular flexibility index (Phi) is 6.64. The Morgan fingerprint density at radius 2 is 2.32 bits per heavy atom. The number of esters is 1. The standard InChI is InChI=1S/C18H21ClN2O3.CH4/c1-24-18(23)12-11-21(15-7-2-5-13(19)17(12)15)10-4-6-14-16(22)8-3-9-20-14;/h2,4-7,11,14,16,20,22H,3,8-10H2,1H3;1H4/b6-4+;/t14-,16+;/m1./s1. The van der Waals surface area contributed by atoms with E-state index in [1.165, 1.54) is 7.11 Å². The van der Waals surface area contributed by atoms with Crippen molar-refractivity contribution in [3.05, 3.63) is 47.1 Å². The lowest BCUT2D eigenvalue weighted by Gasteiger charge is -2.26. The molecule has 1 saturated heterocycles. The molecule has 2 heterocycles. The molecule has 0 unspecified atom stereocenters. The van der Waals surface area contributed by atoms with Crippen LogP contribution >= 0.6 is 11.6 Å². The van der Waals surface area contributed by atoms with Crippen molar-refractivity contribution < 1.29 is 14.6 Å². The second kappa shape index (κ2) is 8.52. The smallest absolute Gasteiger partial charge is 0.340 e. The third-order valence-electron chi connectivity index (χ3n) is 4.38. The highest BCUT2D eigenvalue weighted by Crippen LogP contribution is 2.29. The highest BCUT2D eigenvalue weighted by atomic mass is 35.5. The number of carbonyl (C=O) groups is 1. The van der Waals surface area contributed by atoms with Gasteiger partial charge in [0.2, 0.25) is 0 Å². The summed E-state index contributed by atoms with van der Waals surface area (Å²) >= 11 is 6.27. The summed E-state index contributed by atoms with van der Waals surface area (Å²) in [4.78, 5) is 12.0. The van der Waals surface area contributed by atoms with Crippen molar-refractivity contribution in [1.29, 1.82) is 0 Å². The average molecular weight is 365 g/mol. The molecule has 2 aromatic rings. The van der Waals surface area contributed by atoms with E-state index in [1.54, 1.807) is 12.3 Å². The van der Waals surface area contributed by atoms with Gasteiger partial charge in [-0.05, 0) is 31.5 Å². The molecular formula is C19H25ClN2O3. The molecule has 2 N–H and O–H groups in total. The Morgan fingerprint density at radius 1 is 1.52 bits per heavy atom. The molecule has 6 heteroatoms. The molecule has 136 valence electrons. The van der Waals surface area contributed by atoms with Gasteiger partial charge >= 0.3 is 5.97 Å². The number of nitrogens with zero attached hydrogens (tertiary/aromatic N) is 1. The molecule has 1 aromatic heterocycles. The van der Waals surface area contributed by atoms with E-state index in [1.807, 2.05) is 28.9 Å². The van der Waals surface area contributed by atoms with Crippen LogP contribution in [-0.4, -0.2) is 41.4 Å². The van der Waals surface area contributed by atoms with E-state index in [0.29, 0.717) is 22.5 Å². The molecule has 1 aliphatic rings. The number of fused-ring (bicyclic) bond motifs is 1. The zero-order valence-corrected chi connectivity index (χ0v) is 14.3. The second-order valence-corrected chi connectivity index (χ2v) is 6.35. The van der Waals surface area contributed by atoms with Gasteiger partial charge in [-0.3, -0.25) is 0 Å². The van der Waals surface area contributed by atoms with E-state index in [4.69, 9.17) is 16.3 Å². The number of aliphatic hydroxyl groups excluding tert-OH is 1. The van der Waals surface area contributed by atoms with Crippen LogP contribution in [0.5, 0.6) is 0 Å². The van der Waals surface area contributed by atoms with Crippen molar-refractivity contribution in [2.45, 2.75) is 39.0 Å².